The van der Waals surface area contributed by atoms with Gasteiger partial charge in [0.1, 0.15) is 18.5 Å². The Morgan fingerprint density at radius 1 is 1.48 bits per heavy atom. The minimum atomic E-state index is -0.618. The van der Waals surface area contributed by atoms with Crippen LogP contribution in [0.5, 0.6) is 0 Å². The third-order valence-corrected chi connectivity index (χ3v) is 3.13. The Labute approximate surface area is 133 Å². The van der Waals surface area contributed by atoms with Crippen LogP contribution >= 0.6 is 0 Å². The van der Waals surface area contributed by atoms with E-state index in [2.05, 4.69) is 15.5 Å². The van der Waals surface area contributed by atoms with Gasteiger partial charge in [-0.25, -0.2) is 4.39 Å². The maximum Gasteiger partial charge on any atom is 0.246 e. The molecule has 0 spiro atoms. The zero-order valence-corrected chi connectivity index (χ0v) is 13.2. The molecule has 0 aliphatic heterocycles. The predicted octanol–water partition coefficient (Wildman–Crippen LogP) is 1.27. The molecule has 0 radical (unpaired) electrons. The van der Waals surface area contributed by atoms with Crippen molar-refractivity contribution in [3.63, 3.8) is 0 Å². The van der Waals surface area contributed by atoms with E-state index < -0.39 is 6.04 Å². The molecule has 0 saturated carbocycles. The van der Waals surface area contributed by atoms with E-state index in [1.54, 1.807) is 31.1 Å². The molecule has 1 aromatic carbocycles. The third kappa shape index (κ3) is 4.57. The highest BCUT2D eigenvalue weighted by Gasteiger charge is 2.23. The molecule has 1 aromatic heterocycles. The second kappa shape index (κ2) is 7.80. The second-order valence-corrected chi connectivity index (χ2v) is 5.18. The summed E-state index contributed by atoms with van der Waals surface area (Å²) in [7, 11) is 5.02. The minimum absolute atomic E-state index is 0.0925. The summed E-state index contributed by atoms with van der Waals surface area (Å²) in [6.07, 6.45) is 0. The van der Waals surface area contributed by atoms with Crippen LogP contribution < -0.4 is 5.32 Å². The SMILES string of the molecule is COCc1noc(CNC(=O)[C@H](c2cccc(F)c2)N(C)C)n1. The molecule has 0 unspecified atom stereocenters. The maximum atomic E-state index is 13.4. The number of likely N-dealkylation sites (N-methyl/N-ethyl adjacent to an activating group) is 1. The number of methoxy groups -OCH3 is 1. The Hall–Kier alpha value is -2.32. The van der Waals surface area contributed by atoms with E-state index in [-0.39, 0.29) is 30.8 Å². The summed E-state index contributed by atoms with van der Waals surface area (Å²) in [5.74, 6) is 0.0172. The Balaban J connectivity index is 2.03. The molecule has 0 saturated heterocycles. The summed E-state index contributed by atoms with van der Waals surface area (Å²) in [4.78, 5) is 18.2. The Morgan fingerprint density at radius 2 is 2.26 bits per heavy atom. The fraction of sp³-hybridized carbons (Fsp3) is 0.400. The molecule has 1 heterocycles. The lowest BCUT2D eigenvalue weighted by atomic mass is 10.1. The van der Waals surface area contributed by atoms with E-state index in [0.717, 1.165) is 0 Å². The molecular formula is C15H19FN4O3. The van der Waals surface area contributed by atoms with Gasteiger partial charge in [-0.15, -0.1) is 0 Å². The largest absolute Gasteiger partial charge is 0.377 e. The second-order valence-electron chi connectivity index (χ2n) is 5.18. The maximum absolute atomic E-state index is 13.4. The van der Waals surface area contributed by atoms with E-state index in [1.807, 2.05) is 0 Å². The molecule has 1 amide bonds. The molecular weight excluding hydrogens is 303 g/mol. The Bertz CT molecular complexity index is 660. The molecule has 0 fully saturated rings. The highest BCUT2D eigenvalue weighted by Crippen LogP contribution is 2.19. The lowest BCUT2D eigenvalue weighted by molar-refractivity contribution is -0.126. The zero-order chi connectivity index (χ0) is 16.8. The zero-order valence-electron chi connectivity index (χ0n) is 13.2. The first-order chi connectivity index (χ1) is 11.0. The highest BCUT2D eigenvalue weighted by atomic mass is 19.1. The molecule has 8 heteroatoms. The molecule has 0 aliphatic carbocycles. The quantitative estimate of drug-likeness (QED) is 0.827. The number of carbonyl (C=O) groups excluding carboxylic acids is 1. The summed E-state index contributed by atoms with van der Waals surface area (Å²) in [5.41, 5.74) is 0.568. The van der Waals surface area contributed by atoms with Crippen LogP contribution in [-0.4, -0.2) is 42.2 Å². The normalized spacial score (nSPS) is 12.4. The van der Waals surface area contributed by atoms with Crippen LogP contribution in [0.25, 0.3) is 0 Å². The van der Waals surface area contributed by atoms with E-state index >= 15 is 0 Å². The van der Waals surface area contributed by atoms with Crippen LogP contribution in [0.15, 0.2) is 28.8 Å². The summed E-state index contributed by atoms with van der Waals surface area (Å²) in [5, 5.41) is 6.42. The van der Waals surface area contributed by atoms with Crippen LogP contribution in [0.3, 0.4) is 0 Å². The molecule has 0 aliphatic rings. The van der Waals surface area contributed by atoms with Crippen LogP contribution in [0.2, 0.25) is 0 Å². The van der Waals surface area contributed by atoms with Gasteiger partial charge < -0.3 is 14.6 Å². The molecule has 1 atom stereocenters. The van der Waals surface area contributed by atoms with Crippen LogP contribution in [0, 0.1) is 5.82 Å². The van der Waals surface area contributed by atoms with Gasteiger partial charge in [0.15, 0.2) is 5.82 Å². The minimum Gasteiger partial charge on any atom is -0.377 e. The van der Waals surface area contributed by atoms with Crippen molar-refractivity contribution in [2.24, 2.45) is 0 Å². The van der Waals surface area contributed by atoms with Crippen LogP contribution in [0.4, 0.5) is 4.39 Å². The smallest absolute Gasteiger partial charge is 0.246 e. The van der Waals surface area contributed by atoms with Gasteiger partial charge >= 0.3 is 0 Å². The summed E-state index contributed by atoms with van der Waals surface area (Å²) >= 11 is 0. The number of carbonyl (C=O) groups is 1. The molecule has 0 bridgehead atoms. The predicted molar refractivity (Wildman–Crippen MR) is 79.7 cm³/mol. The first-order valence-corrected chi connectivity index (χ1v) is 7.01. The average Bonchev–Trinajstić information content (AvgIpc) is 2.93. The van der Waals surface area contributed by atoms with E-state index in [1.165, 1.54) is 19.2 Å². The van der Waals surface area contributed by atoms with Crippen molar-refractivity contribution in [3.05, 3.63) is 47.4 Å². The van der Waals surface area contributed by atoms with Crippen molar-refractivity contribution in [2.45, 2.75) is 19.2 Å². The third-order valence-electron chi connectivity index (χ3n) is 3.13. The number of rotatable bonds is 7. The van der Waals surface area contributed by atoms with Gasteiger partial charge in [0.25, 0.3) is 0 Å². The number of hydrogen-bond acceptors (Lipinski definition) is 6. The highest BCUT2D eigenvalue weighted by molar-refractivity contribution is 5.83. The topological polar surface area (TPSA) is 80.5 Å². The Kier molecular flexibility index (Phi) is 5.78. The number of ether oxygens (including phenoxy) is 1. The number of aromatic nitrogens is 2. The van der Waals surface area contributed by atoms with Gasteiger partial charge in [-0.05, 0) is 31.8 Å². The number of nitrogens with one attached hydrogen (secondary N) is 1. The monoisotopic (exact) mass is 322 g/mol. The van der Waals surface area contributed by atoms with Gasteiger partial charge in [0.05, 0.1) is 6.54 Å². The Morgan fingerprint density at radius 3 is 2.91 bits per heavy atom. The van der Waals surface area contributed by atoms with Crippen molar-refractivity contribution < 1.29 is 18.4 Å². The van der Waals surface area contributed by atoms with Crippen molar-refractivity contribution in [1.82, 2.24) is 20.4 Å². The van der Waals surface area contributed by atoms with Crippen LogP contribution in [0.1, 0.15) is 23.3 Å². The number of halogens is 1. The van der Waals surface area contributed by atoms with Gasteiger partial charge in [0.2, 0.25) is 11.8 Å². The fourth-order valence-electron chi connectivity index (χ4n) is 2.17. The molecule has 23 heavy (non-hydrogen) atoms. The molecule has 2 rings (SSSR count). The van der Waals surface area contributed by atoms with E-state index in [9.17, 15) is 9.18 Å². The van der Waals surface area contributed by atoms with Gasteiger partial charge in [-0.2, -0.15) is 4.98 Å². The summed E-state index contributed by atoms with van der Waals surface area (Å²) < 4.78 is 23.3. The molecule has 1 N–H and O–H groups in total. The number of hydrogen-bond donors (Lipinski definition) is 1. The van der Waals surface area contributed by atoms with Gasteiger partial charge in [-0.1, -0.05) is 17.3 Å². The fourth-order valence-corrected chi connectivity index (χ4v) is 2.17. The average molecular weight is 322 g/mol. The van der Waals surface area contributed by atoms with Gasteiger partial charge in [0, 0.05) is 7.11 Å². The van der Waals surface area contributed by atoms with Gasteiger partial charge in [-0.3, -0.25) is 9.69 Å². The van der Waals surface area contributed by atoms with Crippen molar-refractivity contribution in [1.29, 1.82) is 0 Å². The molecule has 7 nitrogen and oxygen atoms in total. The van der Waals surface area contributed by atoms with Crippen molar-refractivity contribution in [2.75, 3.05) is 21.2 Å². The lowest BCUT2D eigenvalue weighted by Crippen LogP contribution is -2.36. The summed E-state index contributed by atoms with van der Waals surface area (Å²) in [6, 6.07) is 5.34. The van der Waals surface area contributed by atoms with Crippen molar-refractivity contribution in [3.8, 4) is 0 Å². The molecule has 2 aromatic rings. The van der Waals surface area contributed by atoms with Crippen molar-refractivity contribution >= 4 is 5.91 Å². The van der Waals surface area contributed by atoms with E-state index in [0.29, 0.717) is 11.4 Å². The van der Waals surface area contributed by atoms with E-state index in [4.69, 9.17) is 9.26 Å². The lowest BCUT2D eigenvalue weighted by Gasteiger charge is -2.23. The first kappa shape index (κ1) is 17.0. The first-order valence-electron chi connectivity index (χ1n) is 7.01. The van der Waals surface area contributed by atoms with Crippen LogP contribution in [-0.2, 0) is 22.7 Å². The molecule has 124 valence electrons. The number of nitrogens with zero attached hydrogens (tertiary/aromatic N) is 3. The number of benzene rings is 1. The standard InChI is InChI=1S/C15H19FN4O3/c1-20(2)14(10-5-4-6-11(16)7-10)15(21)17-8-13-18-12(9-22-3)19-23-13/h4-7,14H,8-9H2,1-3H3,(H,17,21)/t14-/m0/s1. The summed E-state index contributed by atoms with van der Waals surface area (Å²) in [6.45, 7) is 0.330. The number of amides is 1.